The third kappa shape index (κ3) is 3.73. The van der Waals surface area contributed by atoms with Crippen molar-refractivity contribution in [2.75, 3.05) is 16.8 Å². The standard InChI is InChI=1S/C21H24N2O2/c1-4-16-6-9-19(10-7-16)23-13-17(12-20(23)24)21(25)22-18-8-5-14(2)15(3)11-18/h5-11,17H,4,12-13H2,1-3H3,(H,22,25). The average molecular weight is 336 g/mol. The number of hydrogen-bond donors (Lipinski definition) is 1. The van der Waals surface area contributed by atoms with Gasteiger partial charge in [-0.05, 0) is 61.2 Å². The predicted molar refractivity (Wildman–Crippen MR) is 101 cm³/mol. The second-order valence-electron chi connectivity index (χ2n) is 6.71. The van der Waals surface area contributed by atoms with Crippen LogP contribution >= 0.6 is 0 Å². The molecule has 4 nitrogen and oxygen atoms in total. The highest BCUT2D eigenvalue weighted by Gasteiger charge is 2.35. The van der Waals surface area contributed by atoms with Crippen LogP contribution in [0.5, 0.6) is 0 Å². The van der Waals surface area contributed by atoms with E-state index in [0.29, 0.717) is 6.54 Å². The number of carbonyl (C=O) groups excluding carboxylic acids is 2. The monoisotopic (exact) mass is 336 g/mol. The first-order valence-electron chi connectivity index (χ1n) is 8.75. The molecule has 0 saturated carbocycles. The summed E-state index contributed by atoms with van der Waals surface area (Å²) in [4.78, 5) is 26.6. The van der Waals surface area contributed by atoms with E-state index < -0.39 is 0 Å². The fourth-order valence-corrected chi connectivity index (χ4v) is 3.11. The van der Waals surface area contributed by atoms with Gasteiger partial charge in [0.1, 0.15) is 0 Å². The third-order valence-electron chi connectivity index (χ3n) is 4.93. The van der Waals surface area contributed by atoms with Crippen molar-refractivity contribution in [1.82, 2.24) is 0 Å². The summed E-state index contributed by atoms with van der Waals surface area (Å²) in [6.07, 6.45) is 1.22. The van der Waals surface area contributed by atoms with Crippen molar-refractivity contribution in [2.45, 2.75) is 33.6 Å². The van der Waals surface area contributed by atoms with Gasteiger partial charge in [0.05, 0.1) is 5.92 Å². The lowest BCUT2D eigenvalue weighted by Gasteiger charge is -2.17. The van der Waals surface area contributed by atoms with Crippen molar-refractivity contribution in [1.29, 1.82) is 0 Å². The second-order valence-corrected chi connectivity index (χ2v) is 6.71. The van der Waals surface area contributed by atoms with Gasteiger partial charge < -0.3 is 10.2 Å². The van der Waals surface area contributed by atoms with Gasteiger partial charge in [0.15, 0.2) is 0 Å². The van der Waals surface area contributed by atoms with Crippen molar-refractivity contribution in [3.05, 3.63) is 59.2 Å². The lowest BCUT2D eigenvalue weighted by atomic mass is 10.1. The molecule has 2 aromatic rings. The smallest absolute Gasteiger partial charge is 0.229 e. The Labute approximate surface area is 148 Å². The van der Waals surface area contributed by atoms with Gasteiger partial charge in [-0.15, -0.1) is 0 Å². The largest absolute Gasteiger partial charge is 0.326 e. The quantitative estimate of drug-likeness (QED) is 0.922. The van der Waals surface area contributed by atoms with Crippen LogP contribution in [0, 0.1) is 19.8 Å². The number of aryl methyl sites for hydroxylation is 3. The van der Waals surface area contributed by atoms with Gasteiger partial charge in [0.25, 0.3) is 0 Å². The van der Waals surface area contributed by atoms with Gasteiger partial charge in [0.2, 0.25) is 11.8 Å². The molecule has 2 aromatic carbocycles. The Morgan fingerprint density at radius 1 is 1.12 bits per heavy atom. The van der Waals surface area contributed by atoms with Gasteiger partial charge in [0, 0.05) is 24.3 Å². The maximum atomic E-state index is 12.5. The average Bonchev–Trinajstić information content (AvgIpc) is 3.00. The molecule has 1 aliphatic rings. The molecule has 0 aromatic heterocycles. The number of benzene rings is 2. The molecule has 4 heteroatoms. The molecule has 1 heterocycles. The highest BCUT2D eigenvalue weighted by molar-refractivity contribution is 6.03. The minimum absolute atomic E-state index is 0.00415. The topological polar surface area (TPSA) is 49.4 Å². The van der Waals surface area contributed by atoms with Crippen LogP contribution in [0.15, 0.2) is 42.5 Å². The van der Waals surface area contributed by atoms with E-state index in [-0.39, 0.29) is 24.2 Å². The Morgan fingerprint density at radius 3 is 2.48 bits per heavy atom. The molecule has 2 amide bonds. The van der Waals surface area contributed by atoms with Crippen LogP contribution in [0.2, 0.25) is 0 Å². The summed E-state index contributed by atoms with van der Waals surface area (Å²) < 4.78 is 0. The molecule has 0 spiro atoms. The fourth-order valence-electron chi connectivity index (χ4n) is 3.11. The van der Waals surface area contributed by atoms with Crippen LogP contribution in [0.1, 0.15) is 30.0 Å². The predicted octanol–water partition coefficient (Wildman–Crippen LogP) is 3.86. The van der Waals surface area contributed by atoms with Crippen LogP contribution in [0.3, 0.4) is 0 Å². The highest BCUT2D eigenvalue weighted by atomic mass is 16.2. The fraction of sp³-hybridized carbons (Fsp3) is 0.333. The highest BCUT2D eigenvalue weighted by Crippen LogP contribution is 2.26. The molecule has 1 N–H and O–H groups in total. The number of nitrogens with zero attached hydrogens (tertiary/aromatic N) is 1. The number of amides is 2. The van der Waals surface area contributed by atoms with Crippen molar-refractivity contribution in [3.63, 3.8) is 0 Å². The number of hydrogen-bond acceptors (Lipinski definition) is 2. The molecule has 3 rings (SSSR count). The zero-order valence-corrected chi connectivity index (χ0v) is 15.0. The number of rotatable bonds is 4. The van der Waals surface area contributed by atoms with Crippen LogP contribution in [0.25, 0.3) is 0 Å². The first-order chi connectivity index (χ1) is 12.0. The summed E-state index contributed by atoms with van der Waals surface area (Å²) in [6, 6.07) is 13.8. The second kappa shape index (κ2) is 7.09. The normalized spacial score (nSPS) is 17.0. The molecule has 0 radical (unpaired) electrons. The van der Waals surface area contributed by atoms with Gasteiger partial charge >= 0.3 is 0 Å². The number of nitrogens with one attached hydrogen (secondary N) is 1. The summed E-state index contributed by atoms with van der Waals surface area (Å²) in [6.45, 7) is 6.59. The van der Waals surface area contributed by atoms with Crippen LogP contribution in [-0.2, 0) is 16.0 Å². The molecule has 130 valence electrons. The Balaban J connectivity index is 1.68. The van der Waals surface area contributed by atoms with Crippen molar-refractivity contribution in [3.8, 4) is 0 Å². The van der Waals surface area contributed by atoms with Crippen molar-refractivity contribution >= 4 is 23.2 Å². The molecule has 0 bridgehead atoms. The first kappa shape index (κ1) is 17.2. The minimum Gasteiger partial charge on any atom is -0.326 e. The van der Waals surface area contributed by atoms with E-state index in [9.17, 15) is 9.59 Å². The summed E-state index contributed by atoms with van der Waals surface area (Å²) in [5, 5.41) is 2.94. The maximum absolute atomic E-state index is 12.5. The van der Waals surface area contributed by atoms with Crippen molar-refractivity contribution < 1.29 is 9.59 Å². The van der Waals surface area contributed by atoms with Gasteiger partial charge in [-0.25, -0.2) is 0 Å². The molecule has 1 aliphatic heterocycles. The zero-order valence-electron chi connectivity index (χ0n) is 15.0. The van der Waals surface area contributed by atoms with Crippen molar-refractivity contribution in [2.24, 2.45) is 5.92 Å². The van der Waals surface area contributed by atoms with Crippen LogP contribution in [-0.4, -0.2) is 18.4 Å². The molecular formula is C21H24N2O2. The minimum atomic E-state index is -0.319. The molecule has 1 atom stereocenters. The maximum Gasteiger partial charge on any atom is 0.229 e. The first-order valence-corrected chi connectivity index (χ1v) is 8.75. The number of anilines is 2. The van der Waals surface area contributed by atoms with Crippen LogP contribution < -0.4 is 10.2 Å². The lowest BCUT2D eigenvalue weighted by molar-refractivity contribution is -0.122. The molecule has 25 heavy (non-hydrogen) atoms. The van der Waals surface area contributed by atoms with Crippen LogP contribution in [0.4, 0.5) is 11.4 Å². The summed E-state index contributed by atoms with van der Waals surface area (Å²) >= 11 is 0. The summed E-state index contributed by atoms with van der Waals surface area (Å²) in [7, 11) is 0. The SMILES string of the molecule is CCc1ccc(N2CC(C(=O)Nc3ccc(C)c(C)c3)CC2=O)cc1. The van der Waals surface area contributed by atoms with E-state index in [4.69, 9.17) is 0 Å². The summed E-state index contributed by atoms with van der Waals surface area (Å²) in [5.74, 6) is -0.409. The Hall–Kier alpha value is -2.62. The number of carbonyl (C=O) groups is 2. The third-order valence-corrected chi connectivity index (χ3v) is 4.93. The van der Waals surface area contributed by atoms with Gasteiger partial charge in [-0.3, -0.25) is 9.59 Å². The summed E-state index contributed by atoms with van der Waals surface area (Å²) in [5.41, 5.74) is 5.21. The van der Waals surface area contributed by atoms with Gasteiger partial charge in [-0.1, -0.05) is 25.1 Å². The molecule has 1 fully saturated rings. The van der Waals surface area contributed by atoms with E-state index in [1.165, 1.54) is 11.1 Å². The molecule has 1 saturated heterocycles. The lowest BCUT2D eigenvalue weighted by Crippen LogP contribution is -2.28. The Morgan fingerprint density at radius 2 is 1.84 bits per heavy atom. The molecule has 1 unspecified atom stereocenters. The van der Waals surface area contributed by atoms with E-state index in [2.05, 4.69) is 12.2 Å². The zero-order chi connectivity index (χ0) is 18.0. The van der Waals surface area contributed by atoms with E-state index in [1.54, 1.807) is 4.90 Å². The van der Waals surface area contributed by atoms with E-state index in [1.807, 2.05) is 56.3 Å². The van der Waals surface area contributed by atoms with E-state index in [0.717, 1.165) is 23.4 Å². The Bertz CT molecular complexity index is 796. The van der Waals surface area contributed by atoms with E-state index >= 15 is 0 Å². The van der Waals surface area contributed by atoms with Gasteiger partial charge in [-0.2, -0.15) is 0 Å². The molecule has 0 aliphatic carbocycles. The molecular weight excluding hydrogens is 312 g/mol. The Kier molecular flexibility index (Phi) is 4.88.